The fourth-order valence-corrected chi connectivity index (χ4v) is 3.59. The van der Waals surface area contributed by atoms with E-state index in [-0.39, 0.29) is 11.7 Å². The van der Waals surface area contributed by atoms with Gasteiger partial charge in [0.15, 0.2) is 0 Å². The highest BCUT2D eigenvalue weighted by Gasteiger charge is 2.29. The number of benzene rings is 2. The standard InChI is InChI=1S/C19H25N5O5S/c1-21(2)13-18(14-8-6-5-7-9-14)23(4)19(25)22(3)16-11-10-15(30(20,28)29)12-17(16)24(26)27/h5-12,18H,13H2,1-4H3,(H2,20,28,29). The molecule has 11 heteroatoms. The van der Waals surface area contributed by atoms with E-state index < -0.39 is 31.6 Å². The van der Waals surface area contributed by atoms with Crippen LogP contribution in [0.15, 0.2) is 53.4 Å². The number of nitro benzene ring substituents is 1. The minimum atomic E-state index is -4.12. The Morgan fingerprint density at radius 2 is 1.70 bits per heavy atom. The van der Waals surface area contributed by atoms with E-state index in [1.54, 1.807) is 7.05 Å². The Bertz CT molecular complexity index is 1030. The molecule has 10 nitrogen and oxygen atoms in total. The number of urea groups is 1. The third-order valence-corrected chi connectivity index (χ3v) is 5.52. The van der Waals surface area contributed by atoms with Gasteiger partial charge in [0.25, 0.3) is 5.69 Å². The Morgan fingerprint density at radius 1 is 1.10 bits per heavy atom. The van der Waals surface area contributed by atoms with E-state index in [0.29, 0.717) is 6.54 Å². The topological polar surface area (TPSA) is 130 Å². The Hall–Kier alpha value is -3.02. The normalized spacial score (nSPS) is 12.5. The maximum atomic E-state index is 13.2. The number of amides is 2. The van der Waals surface area contributed by atoms with Gasteiger partial charge in [-0.05, 0) is 31.8 Å². The predicted octanol–water partition coefficient (Wildman–Crippen LogP) is 2.03. The number of nitrogens with zero attached hydrogens (tertiary/aromatic N) is 4. The molecule has 30 heavy (non-hydrogen) atoms. The molecular weight excluding hydrogens is 410 g/mol. The quantitative estimate of drug-likeness (QED) is 0.523. The van der Waals surface area contributed by atoms with E-state index in [1.807, 2.05) is 49.3 Å². The van der Waals surface area contributed by atoms with E-state index in [2.05, 4.69) is 0 Å². The number of hydrogen-bond acceptors (Lipinski definition) is 6. The smallest absolute Gasteiger partial charge is 0.319 e. The number of hydrogen-bond donors (Lipinski definition) is 1. The summed E-state index contributed by atoms with van der Waals surface area (Å²) in [6, 6.07) is 11.8. The van der Waals surface area contributed by atoms with Crippen molar-refractivity contribution in [3.05, 3.63) is 64.2 Å². The molecular formula is C19H25N5O5S. The maximum Gasteiger partial charge on any atom is 0.324 e. The van der Waals surface area contributed by atoms with Gasteiger partial charge in [-0.2, -0.15) is 0 Å². The lowest BCUT2D eigenvalue weighted by molar-refractivity contribution is -0.384. The van der Waals surface area contributed by atoms with Crippen LogP contribution in [0, 0.1) is 10.1 Å². The van der Waals surface area contributed by atoms with Crippen LogP contribution in [0.25, 0.3) is 0 Å². The van der Waals surface area contributed by atoms with Gasteiger partial charge in [0.1, 0.15) is 5.69 Å². The summed E-state index contributed by atoms with van der Waals surface area (Å²) in [5.41, 5.74) is 0.338. The van der Waals surface area contributed by atoms with Gasteiger partial charge in [0.2, 0.25) is 10.0 Å². The van der Waals surface area contributed by atoms with Gasteiger partial charge in [0.05, 0.1) is 15.9 Å². The van der Waals surface area contributed by atoms with Gasteiger partial charge in [-0.15, -0.1) is 0 Å². The van der Waals surface area contributed by atoms with E-state index in [4.69, 9.17) is 5.14 Å². The average Bonchev–Trinajstić information content (AvgIpc) is 2.69. The number of anilines is 1. The molecule has 0 aromatic heterocycles. The summed E-state index contributed by atoms with van der Waals surface area (Å²) >= 11 is 0. The summed E-state index contributed by atoms with van der Waals surface area (Å²) in [4.78, 5) is 28.1. The lowest BCUT2D eigenvalue weighted by atomic mass is 10.1. The SMILES string of the molecule is CN(C)CC(c1ccccc1)N(C)C(=O)N(C)c1ccc(S(N)(=O)=O)cc1[N+](=O)[O-]. The van der Waals surface area contributed by atoms with Crippen molar-refractivity contribution in [3.8, 4) is 0 Å². The zero-order valence-electron chi connectivity index (χ0n) is 17.2. The van der Waals surface area contributed by atoms with E-state index >= 15 is 0 Å². The van der Waals surface area contributed by atoms with Gasteiger partial charge in [0, 0.05) is 26.7 Å². The Labute approximate surface area is 175 Å². The van der Waals surface area contributed by atoms with Crippen LogP contribution in [-0.4, -0.2) is 63.9 Å². The van der Waals surface area contributed by atoms with E-state index in [1.165, 1.54) is 18.0 Å². The highest BCUT2D eigenvalue weighted by molar-refractivity contribution is 7.89. The fraction of sp³-hybridized carbons (Fsp3) is 0.316. The molecule has 0 radical (unpaired) electrons. The van der Waals surface area contributed by atoms with Crippen molar-refractivity contribution in [2.75, 3.05) is 39.6 Å². The minimum Gasteiger partial charge on any atom is -0.319 e. The summed E-state index contributed by atoms with van der Waals surface area (Å²) in [5.74, 6) is 0. The van der Waals surface area contributed by atoms with Crippen LogP contribution in [0.1, 0.15) is 11.6 Å². The van der Waals surface area contributed by atoms with Gasteiger partial charge in [-0.1, -0.05) is 30.3 Å². The lowest BCUT2D eigenvalue weighted by Gasteiger charge is -2.33. The van der Waals surface area contributed by atoms with Crippen molar-refractivity contribution in [1.29, 1.82) is 0 Å². The van der Waals surface area contributed by atoms with Crippen LogP contribution in [0.3, 0.4) is 0 Å². The second-order valence-electron chi connectivity index (χ2n) is 7.09. The average molecular weight is 436 g/mol. The molecule has 2 amide bonds. The second kappa shape index (κ2) is 9.20. The largest absolute Gasteiger partial charge is 0.324 e. The number of carbonyl (C=O) groups excluding carboxylic acids is 1. The second-order valence-corrected chi connectivity index (χ2v) is 8.66. The molecule has 0 aliphatic heterocycles. The number of nitro groups is 1. The van der Waals surface area contributed by atoms with E-state index in [9.17, 15) is 23.3 Å². The van der Waals surface area contributed by atoms with Crippen molar-refractivity contribution >= 4 is 27.4 Å². The highest BCUT2D eigenvalue weighted by Crippen LogP contribution is 2.31. The zero-order valence-corrected chi connectivity index (χ0v) is 18.0. The van der Waals surface area contributed by atoms with Crippen molar-refractivity contribution in [2.45, 2.75) is 10.9 Å². The molecule has 0 spiro atoms. The van der Waals surface area contributed by atoms with Crippen molar-refractivity contribution in [1.82, 2.24) is 9.80 Å². The predicted molar refractivity (Wildman–Crippen MR) is 114 cm³/mol. The van der Waals surface area contributed by atoms with Crippen LogP contribution < -0.4 is 10.0 Å². The summed E-state index contributed by atoms with van der Waals surface area (Å²) in [6.45, 7) is 0.534. The fourth-order valence-electron chi connectivity index (χ4n) is 3.06. The summed E-state index contributed by atoms with van der Waals surface area (Å²) in [5, 5.41) is 16.6. The van der Waals surface area contributed by atoms with Crippen LogP contribution >= 0.6 is 0 Å². The molecule has 0 aliphatic carbocycles. The molecule has 0 heterocycles. The van der Waals surface area contributed by atoms with Crippen molar-refractivity contribution in [2.24, 2.45) is 5.14 Å². The number of sulfonamides is 1. The number of nitrogens with two attached hydrogens (primary N) is 1. The van der Waals surface area contributed by atoms with Gasteiger partial charge < -0.3 is 9.80 Å². The van der Waals surface area contributed by atoms with Crippen LogP contribution in [0.4, 0.5) is 16.2 Å². The number of rotatable bonds is 7. The van der Waals surface area contributed by atoms with Crippen molar-refractivity contribution in [3.63, 3.8) is 0 Å². The maximum absolute atomic E-state index is 13.2. The van der Waals surface area contributed by atoms with E-state index in [0.717, 1.165) is 22.6 Å². The number of carbonyl (C=O) groups is 1. The summed E-state index contributed by atoms with van der Waals surface area (Å²) in [7, 11) is 2.66. The minimum absolute atomic E-state index is 0.0408. The molecule has 162 valence electrons. The highest BCUT2D eigenvalue weighted by atomic mass is 32.2. The van der Waals surface area contributed by atoms with Crippen molar-refractivity contribution < 1.29 is 18.1 Å². The molecule has 0 bridgehead atoms. The first-order chi connectivity index (χ1) is 13.9. The Morgan fingerprint density at radius 3 is 2.20 bits per heavy atom. The molecule has 2 N–H and O–H groups in total. The first-order valence-electron chi connectivity index (χ1n) is 8.95. The Kier molecular flexibility index (Phi) is 7.13. The number of primary sulfonamides is 1. The van der Waals surface area contributed by atoms with Crippen LogP contribution in [0.2, 0.25) is 0 Å². The molecule has 0 fully saturated rings. The first kappa shape index (κ1) is 23.3. The monoisotopic (exact) mass is 435 g/mol. The Balaban J connectivity index is 2.43. The molecule has 2 aromatic carbocycles. The lowest BCUT2D eigenvalue weighted by Crippen LogP contribution is -2.44. The summed E-state index contributed by atoms with van der Waals surface area (Å²) in [6.07, 6.45) is 0. The third kappa shape index (κ3) is 5.32. The van der Waals surface area contributed by atoms with Gasteiger partial charge in [-0.25, -0.2) is 18.4 Å². The summed E-state index contributed by atoms with van der Waals surface area (Å²) < 4.78 is 23.1. The molecule has 1 atom stereocenters. The van der Waals surface area contributed by atoms with Crippen LogP contribution in [-0.2, 0) is 10.0 Å². The number of likely N-dealkylation sites (N-methyl/N-ethyl adjacent to an activating group) is 2. The van der Waals surface area contributed by atoms with Gasteiger partial charge in [-0.3, -0.25) is 15.0 Å². The molecule has 2 rings (SSSR count). The molecule has 2 aromatic rings. The molecule has 0 saturated carbocycles. The molecule has 0 saturated heterocycles. The molecule has 1 unspecified atom stereocenters. The first-order valence-corrected chi connectivity index (χ1v) is 10.5. The van der Waals surface area contributed by atoms with Crippen LogP contribution in [0.5, 0.6) is 0 Å². The zero-order chi connectivity index (χ0) is 22.6. The molecule has 0 aliphatic rings. The van der Waals surface area contributed by atoms with Gasteiger partial charge >= 0.3 is 6.03 Å². The third-order valence-electron chi connectivity index (χ3n) is 4.61.